The van der Waals surface area contributed by atoms with Crippen molar-refractivity contribution in [2.75, 3.05) is 0 Å². The lowest BCUT2D eigenvalue weighted by atomic mass is 10.3. The zero-order chi connectivity index (χ0) is 26.1. The second-order valence-corrected chi connectivity index (χ2v) is 8.91. The second-order valence-electron chi connectivity index (χ2n) is 6.47. The Morgan fingerprint density at radius 1 is 0.444 bits per heavy atom. The average Bonchev–Trinajstić information content (AvgIpc) is 3.55. The fraction of sp³-hybridized carbons (Fsp3) is 0. The van der Waals surface area contributed by atoms with Crippen LogP contribution in [0.25, 0.3) is 33.1 Å². The molecule has 6 aromatic rings. The van der Waals surface area contributed by atoms with Gasteiger partial charge in [0.1, 0.15) is 0 Å². The molecule has 0 radical (unpaired) electrons. The van der Waals surface area contributed by atoms with Crippen molar-refractivity contribution < 1.29 is 28.6 Å². The Bertz CT molecular complexity index is 1520. The van der Waals surface area contributed by atoms with E-state index in [0.717, 1.165) is 0 Å². The van der Waals surface area contributed by atoms with Crippen molar-refractivity contribution in [2.45, 2.75) is 0 Å². The van der Waals surface area contributed by atoms with E-state index in [-0.39, 0.29) is 62.9 Å². The molecule has 3 aromatic heterocycles. The summed E-state index contributed by atoms with van der Waals surface area (Å²) in [6.07, 6.45) is 0. The summed E-state index contributed by atoms with van der Waals surface area (Å²) in [5, 5.41) is 44.8. The third kappa shape index (κ3) is 4.96. The zero-order valence-corrected chi connectivity index (χ0v) is 21.4. The minimum Gasteiger partial charge on any atom is -0.359 e. The molecule has 0 bridgehead atoms. The monoisotopic (exact) mass is 612 g/mol. The van der Waals surface area contributed by atoms with Crippen LogP contribution < -0.4 is 14.7 Å². The molecule has 186 valence electrons. The van der Waals surface area contributed by atoms with Gasteiger partial charge in [0, 0.05) is 15.5 Å². The molecule has 0 spiro atoms. The molecule has 6 rings (SSSR count). The standard InChI is InChI=1S/3C6H2Cl2N2O2/c3*7-3-1-2-4(8)6-5(3)9-12-10(6)11/h3*1-2H. The molecular formula is C18H6Cl6N6O6. The van der Waals surface area contributed by atoms with Crippen LogP contribution in [0.1, 0.15) is 0 Å². The largest absolute Gasteiger partial charge is 0.359 e. The van der Waals surface area contributed by atoms with Crippen molar-refractivity contribution in [3.8, 4) is 0 Å². The molecule has 36 heavy (non-hydrogen) atoms. The molecule has 0 aliphatic carbocycles. The predicted molar refractivity (Wildman–Crippen MR) is 129 cm³/mol. The number of fused-ring (bicyclic) bond motifs is 3. The van der Waals surface area contributed by atoms with Gasteiger partial charge in [0.05, 0.1) is 30.1 Å². The van der Waals surface area contributed by atoms with E-state index in [0.29, 0.717) is 15.1 Å². The van der Waals surface area contributed by atoms with E-state index >= 15 is 0 Å². The van der Waals surface area contributed by atoms with Crippen molar-refractivity contribution in [1.82, 2.24) is 15.5 Å². The van der Waals surface area contributed by atoms with E-state index in [1.165, 1.54) is 18.2 Å². The number of aromatic nitrogens is 6. The number of hydrogen-bond acceptors (Lipinski definition) is 9. The first-order valence-corrected chi connectivity index (χ1v) is 11.4. The highest BCUT2D eigenvalue weighted by atomic mass is 35.5. The summed E-state index contributed by atoms with van der Waals surface area (Å²) in [5.74, 6) is 0. The SMILES string of the molecule is [O-][n+]1onc2c(Cl)ccc(Cl)c21.[O-][n+]1onc2c(Cl)ccc(Cl)c21.[O-][n+]1onc2c(Cl)ccc(Cl)c21. The van der Waals surface area contributed by atoms with Crippen LogP contribution in [0.15, 0.2) is 50.3 Å². The van der Waals surface area contributed by atoms with Crippen LogP contribution in [0.2, 0.25) is 30.1 Å². The van der Waals surface area contributed by atoms with Gasteiger partial charge < -0.3 is 15.6 Å². The van der Waals surface area contributed by atoms with E-state index in [1.807, 2.05) is 0 Å². The van der Waals surface area contributed by atoms with Crippen LogP contribution in [-0.2, 0) is 0 Å². The van der Waals surface area contributed by atoms with Gasteiger partial charge in [-0.2, -0.15) is 0 Å². The topological polar surface area (TPSA) is 159 Å². The minimum absolute atomic E-state index is 0.157. The van der Waals surface area contributed by atoms with Crippen LogP contribution in [0.3, 0.4) is 0 Å². The van der Waals surface area contributed by atoms with E-state index in [2.05, 4.69) is 29.4 Å². The maximum Gasteiger partial charge on any atom is 0.268 e. The highest BCUT2D eigenvalue weighted by Crippen LogP contribution is 2.27. The zero-order valence-electron chi connectivity index (χ0n) is 16.9. The Morgan fingerprint density at radius 2 is 0.667 bits per heavy atom. The van der Waals surface area contributed by atoms with Crippen LogP contribution in [0, 0.1) is 15.6 Å². The summed E-state index contributed by atoms with van der Waals surface area (Å²) in [5.41, 5.74) is 1.30. The summed E-state index contributed by atoms with van der Waals surface area (Å²) in [4.78, 5) is 0.677. The molecule has 18 heteroatoms. The number of halogens is 6. The highest BCUT2D eigenvalue weighted by molar-refractivity contribution is 6.40. The molecular weight excluding hydrogens is 609 g/mol. The van der Waals surface area contributed by atoms with Crippen LogP contribution >= 0.6 is 69.6 Å². The molecule has 0 N–H and O–H groups in total. The third-order valence-electron chi connectivity index (χ3n) is 4.32. The number of rotatable bonds is 0. The van der Waals surface area contributed by atoms with E-state index in [1.54, 1.807) is 18.2 Å². The van der Waals surface area contributed by atoms with Crippen LogP contribution in [0.4, 0.5) is 0 Å². The highest BCUT2D eigenvalue weighted by Gasteiger charge is 2.18. The minimum atomic E-state index is 0.157. The number of hydrogen-bond donors (Lipinski definition) is 0. The van der Waals surface area contributed by atoms with Crippen molar-refractivity contribution in [3.63, 3.8) is 0 Å². The lowest BCUT2D eigenvalue weighted by Crippen LogP contribution is -2.22. The molecule has 0 fully saturated rings. The maximum atomic E-state index is 10.9. The van der Waals surface area contributed by atoms with Crippen molar-refractivity contribution in [3.05, 3.63) is 82.2 Å². The maximum absolute atomic E-state index is 10.9. The second kappa shape index (κ2) is 10.5. The smallest absolute Gasteiger partial charge is 0.268 e. The lowest BCUT2D eigenvalue weighted by Gasteiger charge is -1.90. The van der Waals surface area contributed by atoms with E-state index in [9.17, 15) is 15.6 Å². The first kappa shape index (κ1) is 26.1. The fourth-order valence-corrected chi connectivity index (χ4v) is 3.95. The summed E-state index contributed by atoms with van der Waals surface area (Å²) >= 11 is 34.2. The van der Waals surface area contributed by atoms with Gasteiger partial charge in [0.25, 0.3) is 16.6 Å². The normalized spacial score (nSPS) is 10.8. The first-order chi connectivity index (χ1) is 17.1. The van der Waals surface area contributed by atoms with E-state index in [4.69, 9.17) is 69.6 Å². The van der Waals surface area contributed by atoms with Gasteiger partial charge in [-0.15, -0.1) is 0 Å². The fourth-order valence-electron chi connectivity index (χ4n) is 2.73. The Hall–Kier alpha value is -3.00. The number of nitrogens with zero attached hydrogens (tertiary/aromatic N) is 6. The molecule has 0 saturated heterocycles. The average molecular weight is 615 g/mol. The van der Waals surface area contributed by atoms with Gasteiger partial charge in [-0.05, 0) is 51.1 Å². The van der Waals surface area contributed by atoms with Gasteiger partial charge in [0.15, 0.2) is 0 Å². The van der Waals surface area contributed by atoms with Crippen molar-refractivity contribution in [1.29, 1.82) is 0 Å². The first-order valence-electron chi connectivity index (χ1n) is 9.10. The van der Waals surface area contributed by atoms with Gasteiger partial charge in [-0.25, -0.2) is 0 Å². The molecule has 0 unspecified atom stereocenters. The Kier molecular flexibility index (Phi) is 7.64. The molecule has 12 nitrogen and oxygen atoms in total. The van der Waals surface area contributed by atoms with Crippen molar-refractivity contribution >= 4 is 103 Å². The quantitative estimate of drug-likeness (QED) is 0.207. The molecule has 0 aliphatic rings. The summed E-state index contributed by atoms with van der Waals surface area (Å²) in [6, 6.07) is 9.19. The molecule has 0 saturated carbocycles. The summed E-state index contributed by atoms with van der Waals surface area (Å²) < 4.78 is 13.0. The van der Waals surface area contributed by atoms with Crippen LogP contribution in [-0.4, -0.2) is 15.5 Å². The number of benzene rings is 3. The third-order valence-corrected chi connectivity index (χ3v) is 6.15. The van der Waals surface area contributed by atoms with Crippen LogP contribution in [0.5, 0.6) is 0 Å². The molecule has 3 aromatic carbocycles. The molecule has 3 heterocycles. The molecule has 0 aliphatic heterocycles. The van der Waals surface area contributed by atoms with Gasteiger partial charge in [0.2, 0.25) is 16.6 Å². The Morgan fingerprint density at radius 3 is 0.889 bits per heavy atom. The van der Waals surface area contributed by atoms with Gasteiger partial charge in [-0.1, -0.05) is 69.6 Å². The molecule has 0 atom stereocenters. The van der Waals surface area contributed by atoms with Gasteiger partial charge >= 0.3 is 0 Å². The van der Waals surface area contributed by atoms with Crippen molar-refractivity contribution in [2.24, 2.45) is 0 Å². The molecule has 0 amide bonds. The van der Waals surface area contributed by atoms with Gasteiger partial charge in [-0.3, -0.25) is 13.9 Å². The van der Waals surface area contributed by atoms with E-state index < -0.39 is 0 Å². The lowest BCUT2D eigenvalue weighted by molar-refractivity contribution is -0.782. The Labute approximate surface area is 228 Å². The summed E-state index contributed by atoms with van der Waals surface area (Å²) in [6.45, 7) is 0. The summed E-state index contributed by atoms with van der Waals surface area (Å²) in [7, 11) is 0. The predicted octanol–water partition coefficient (Wildman–Crippen LogP) is 5.30. The Balaban J connectivity index is 0.000000127.